The van der Waals surface area contributed by atoms with E-state index >= 15 is 0 Å². The highest BCUT2D eigenvalue weighted by atomic mass is 16.5. The van der Waals surface area contributed by atoms with Crippen LogP contribution in [0.2, 0.25) is 0 Å². The maximum Gasteiger partial charge on any atom is 0.407 e. The molecule has 10 heteroatoms. The van der Waals surface area contributed by atoms with Crippen molar-refractivity contribution in [2.45, 2.75) is 50.3 Å². The highest BCUT2D eigenvalue weighted by Gasteiger charge is 2.50. The first-order chi connectivity index (χ1) is 18.9. The van der Waals surface area contributed by atoms with Gasteiger partial charge in [0.25, 0.3) is 0 Å². The van der Waals surface area contributed by atoms with Crippen LogP contribution in [-0.2, 0) is 32.8 Å². The third kappa shape index (κ3) is 7.26. The summed E-state index contributed by atoms with van der Waals surface area (Å²) in [5.41, 5.74) is 1.02. The Morgan fingerprint density at radius 1 is 1.13 bits per heavy atom. The number of aromatic nitrogens is 1. The van der Waals surface area contributed by atoms with Crippen LogP contribution in [0.4, 0.5) is 4.79 Å². The zero-order valence-electron chi connectivity index (χ0n) is 22.8. The number of aliphatic hydroxyl groups is 1. The van der Waals surface area contributed by atoms with Gasteiger partial charge in [-0.2, -0.15) is 0 Å². The molecule has 212 valence electrons. The van der Waals surface area contributed by atoms with Gasteiger partial charge in [-0.25, -0.2) is 4.79 Å². The second kappa shape index (κ2) is 13.2. The number of ether oxygens (including phenoxy) is 3. The lowest BCUT2D eigenvalue weighted by molar-refractivity contribution is -0.154. The third-order valence-electron chi connectivity index (χ3n) is 7.49. The van der Waals surface area contributed by atoms with Crippen LogP contribution in [0.25, 0.3) is 0 Å². The van der Waals surface area contributed by atoms with E-state index in [4.69, 9.17) is 14.2 Å². The molecule has 39 heavy (non-hydrogen) atoms. The molecule has 0 bridgehead atoms. The summed E-state index contributed by atoms with van der Waals surface area (Å²) in [4.78, 5) is 33.2. The number of carboxylic acid groups (broad SMARTS) is 1. The summed E-state index contributed by atoms with van der Waals surface area (Å²) in [7, 11) is 3.30. The molecule has 2 aliphatic rings. The van der Waals surface area contributed by atoms with Gasteiger partial charge in [0.2, 0.25) is 5.91 Å². The Hall–Kier alpha value is -3.21. The number of nitrogens with zero attached hydrogens (tertiary/aromatic N) is 3. The number of hydrogen-bond donors (Lipinski definition) is 2. The number of methoxy groups -OCH3 is 2. The van der Waals surface area contributed by atoms with Crippen LogP contribution < -0.4 is 4.74 Å². The maximum atomic E-state index is 14.2. The van der Waals surface area contributed by atoms with Crippen molar-refractivity contribution in [2.24, 2.45) is 5.92 Å². The van der Waals surface area contributed by atoms with E-state index in [-0.39, 0.29) is 31.5 Å². The fourth-order valence-electron chi connectivity index (χ4n) is 5.24. The number of rotatable bonds is 13. The first-order valence-electron chi connectivity index (χ1n) is 13.5. The molecule has 2 atom stereocenters. The largest absolute Gasteiger partial charge is 0.491 e. The number of carbonyl (C=O) groups is 2. The van der Waals surface area contributed by atoms with E-state index in [2.05, 4.69) is 11.1 Å². The third-order valence-corrected chi connectivity index (χ3v) is 7.49. The van der Waals surface area contributed by atoms with Gasteiger partial charge in [-0.05, 0) is 61.4 Å². The lowest BCUT2D eigenvalue weighted by Gasteiger charge is -2.44. The highest BCUT2D eigenvalue weighted by molar-refractivity contribution is 5.82. The number of aryl methyl sites for hydroxylation is 1. The van der Waals surface area contributed by atoms with Crippen LogP contribution in [0.15, 0.2) is 42.7 Å². The monoisotopic (exact) mass is 541 g/mol. The maximum absolute atomic E-state index is 14.2. The fourth-order valence-corrected chi connectivity index (χ4v) is 5.24. The van der Waals surface area contributed by atoms with E-state index in [0.29, 0.717) is 37.7 Å². The zero-order valence-corrected chi connectivity index (χ0v) is 22.8. The average molecular weight is 542 g/mol. The van der Waals surface area contributed by atoms with Crippen molar-refractivity contribution in [3.63, 3.8) is 0 Å². The number of carbonyl (C=O) groups excluding carboxylic acids is 1. The van der Waals surface area contributed by atoms with E-state index < -0.39 is 17.6 Å². The highest BCUT2D eigenvalue weighted by Crippen LogP contribution is 2.41. The second-order valence-corrected chi connectivity index (χ2v) is 10.3. The van der Waals surface area contributed by atoms with Crippen LogP contribution >= 0.6 is 0 Å². The molecule has 0 unspecified atom stereocenters. The van der Waals surface area contributed by atoms with Crippen molar-refractivity contribution < 1.29 is 34.0 Å². The number of pyridine rings is 1. The van der Waals surface area contributed by atoms with Gasteiger partial charge in [0.1, 0.15) is 18.0 Å². The van der Waals surface area contributed by atoms with Gasteiger partial charge in [-0.3, -0.25) is 9.78 Å². The molecule has 1 saturated heterocycles. The second-order valence-electron chi connectivity index (χ2n) is 10.3. The van der Waals surface area contributed by atoms with Gasteiger partial charge in [0.05, 0.1) is 12.5 Å². The smallest absolute Gasteiger partial charge is 0.407 e. The lowest BCUT2D eigenvalue weighted by atomic mass is 9.75. The molecule has 2 N–H and O–H groups in total. The molecule has 1 aliphatic carbocycles. The molecule has 2 fully saturated rings. The summed E-state index contributed by atoms with van der Waals surface area (Å²) < 4.78 is 16.3. The summed E-state index contributed by atoms with van der Waals surface area (Å²) in [5.74, 6) is -0.488. The van der Waals surface area contributed by atoms with E-state index in [0.717, 1.165) is 36.8 Å². The Labute approximate surface area is 229 Å². The summed E-state index contributed by atoms with van der Waals surface area (Å²) in [6.07, 6.45) is 5.59. The van der Waals surface area contributed by atoms with E-state index in [1.807, 2.05) is 17.0 Å². The topological polar surface area (TPSA) is 122 Å². The number of benzene rings is 1. The van der Waals surface area contributed by atoms with Crippen molar-refractivity contribution in [1.29, 1.82) is 0 Å². The molecule has 2 heterocycles. The van der Waals surface area contributed by atoms with E-state index in [1.165, 1.54) is 4.90 Å². The van der Waals surface area contributed by atoms with Crippen LogP contribution in [0.1, 0.15) is 42.4 Å². The predicted molar refractivity (Wildman–Crippen MR) is 143 cm³/mol. The lowest BCUT2D eigenvalue weighted by Crippen LogP contribution is -2.57. The van der Waals surface area contributed by atoms with Crippen molar-refractivity contribution in [2.75, 3.05) is 47.1 Å². The first-order valence-corrected chi connectivity index (χ1v) is 13.5. The van der Waals surface area contributed by atoms with Crippen LogP contribution in [-0.4, -0.2) is 90.2 Å². The molecule has 0 spiro atoms. The average Bonchev–Trinajstić information content (AvgIpc) is 3.78. The summed E-state index contributed by atoms with van der Waals surface area (Å²) in [6, 6.07) is 9.54. The van der Waals surface area contributed by atoms with E-state index in [1.54, 1.807) is 38.7 Å². The van der Waals surface area contributed by atoms with Crippen molar-refractivity contribution in [3.8, 4) is 5.75 Å². The minimum atomic E-state index is -1.51. The number of likely N-dealkylation sites (tertiary alicyclic amines) is 1. The normalized spacial score (nSPS) is 21.0. The summed E-state index contributed by atoms with van der Waals surface area (Å²) in [5, 5.41) is 21.6. The minimum absolute atomic E-state index is 0.0471. The van der Waals surface area contributed by atoms with Gasteiger partial charge in [-0.1, -0.05) is 12.1 Å². The summed E-state index contributed by atoms with van der Waals surface area (Å²) >= 11 is 0. The summed E-state index contributed by atoms with van der Waals surface area (Å²) in [6.45, 7) is 1.92. The van der Waals surface area contributed by atoms with Gasteiger partial charge in [-0.15, -0.1) is 0 Å². The van der Waals surface area contributed by atoms with E-state index in [9.17, 15) is 19.8 Å². The molecule has 1 aromatic heterocycles. The molecule has 2 aromatic rings. The number of hydrogen-bond acceptors (Lipinski definition) is 7. The molecule has 1 aromatic carbocycles. The Kier molecular flexibility index (Phi) is 9.77. The Morgan fingerprint density at radius 2 is 1.90 bits per heavy atom. The minimum Gasteiger partial charge on any atom is -0.491 e. The Morgan fingerprint density at radius 3 is 2.56 bits per heavy atom. The SMILES string of the molecule is COCCCc1cc(CN(C(=O)[C@H]2CN(C(=O)O)CC[C@]2(O)c2cccnc2)C2CC2)cc(OCCOC)c1. The molecular formula is C29H39N3O7. The van der Waals surface area contributed by atoms with Crippen molar-refractivity contribution >= 4 is 12.0 Å². The number of piperidine rings is 1. The Balaban J connectivity index is 1.62. The molecule has 10 nitrogen and oxygen atoms in total. The van der Waals surface area contributed by atoms with Crippen LogP contribution in [0, 0.1) is 5.92 Å². The van der Waals surface area contributed by atoms with Crippen LogP contribution in [0.5, 0.6) is 5.75 Å². The van der Waals surface area contributed by atoms with Crippen LogP contribution in [0.3, 0.4) is 0 Å². The molecule has 4 rings (SSSR count). The predicted octanol–water partition coefficient (Wildman–Crippen LogP) is 3.06. The van der Waals surface area contributed by atoms with Gasteiger partial charge in [0, 0.05) is 64.5 Å². The van der Waals surface area contributed by atoms with Crippen molar-refractivity contribution in [3.05, 3.63) is 59.4 Å². The Bertz CT molecular complexity index is 1080. The van der Waals surface area contributed by atoms with Crippen molar-refractivity contribution in [1.82, 2.24) is 14.8 Å². The quantitative estimate of drug-likeness (QED) is 0.371. The number of amides is 2. The van der Waals surface area contributed by atoms with Gasteiger partial charge >= 0.3 is 6.09 Å². The zero-order chi connectivity index (χ0) is 27.8. The standard InChI is InChI=1S/C29H39N3O7/c1-37-12-4-5-21-15-22(17-25(16-21)39-14-13-38-2)19-32(24-7-8-24)27(33)26-20-31(28(34)35)11-9-29(26,36)23-6-3-10-30-18-23/h3,6,10,15-18,24,26,36H,4-5,7-9,11-14,19-20H2,1-2H3,(H,34,35)/t26-,29+/m1/s1. The molecule has 1 aliphatic heterocycles. The fraction of sp³-hybridized carbons (Fsp3) is 0.552. The van der Waals surface area contributed by atoms with Gasteiger partial charge in [0.15, 0.2) is 0 Å². The first kappa shape index (κ1) is 28.8. The molecule has 0 radical (unpaired) electrons. The molecule has 2 amide bonds. The molecular weight excluding hydrogens is 502 g/mol. The van der Waals surface area contributed by atoms with Gasteiger partial charge < -0.3 is 34.2 Å². The molecule has 1 saturated carbocycles.